The molecule has 0 saturated heterocycles. The Morgan fingerprint density at radius 2 is 2.12 bits per heavy atom. The number of rotatable bonds is 4. The summed E-state index contributed by atoms with van der Waals surface area (Å²) in [6, 6.07) is 11.1. The van der Waals surface area contributed by atoms with Crippen LogP contribution in [0.15, 0.2) is 41.6 Å². The van der Waals surface area contributed by atoms with Crippen molar-refractivity contribution in [2.45, 2.75) is 11.4 Å². The largest absolute Gasteiger partial charge is 0.254 e. The topological polar surface area (TPSA) is 71.6 Å². The number of hydrogen-bond acceptors (Lipinski definition) is 4. The maximum Gasteiger partial charge on any atom is 0.252 e. The van der Waals surface area contributed by atoms with Gasteiger partial charge in [0.15, 0.2) is 0 Å². The number of nitriles is 1. The van der Waals surface area contributed by atoms with Crippen LogP contribution >= 0.6 is 0 Å². The van der Waals surface area contributed by atoms with E-state index in [4.69, 9.17) is 5.26 Å². The molecule has 0 aliphatic heterocycles. The lowest BCUT2D eigenvalue weighted by Crippen LogP contribution is -2.08. The van der Waals surface area contributed by atoms with Crippen LogP contribution in [0.2, 0.25) is 0 Å². The molecule has 0 N–H and O–H groups in total. The third kappa shape index (κ3) is 2.98. The third-order valence-corrected chi connectivity index (χ3v) is 3.50. The minimum atomic E-state index is -1.05. The fraction of sp³-hybridized carbons (Fsp3) is 0.182. The van der Waals surface area contributed by atoms with Gasteiger partial charge in [0.2, 0.25) is 0 Å². The molecule has 2 rings (SSSR count). The van der Waals surface area contributed by atoms with Crippen LogP contribution in [0.25, 0.3) is 0 Å². The number of aromatic nitrogens is 3. The summed E-state index contributed by atoms with van der Waals surface area (Å²) < 4.78 is 13.4. The fourth-order valence-corrected chi connectivity index (χ4v) is 2.37. The molecule has 0 bridgehead atoms. The molecule has 86 valence electrons. The normalized spacial score (nSPS) is 11.9. The van der Waals surface area contributed by atoms with E-state index >= 15 is 0 Å². The Morgan fingerprint density at radius 3 is 2.76 bits per heavy atom. The lowest BCUT2D eigenvalue weighted by atomic mass is 10.4. The zero-order valence-electron chi connectivity index (χ0n) is 8.98. The summed E-state index contributed by atoms with van der Waals surface area (Å²) in [7, 11) is -1.05. The minimum absolute atomic E-state index is 0.135. The highest BCUT2D eigenvalue weighted by molar-refractivity contribution is 7.85. The van der Waals surface area contributed by atoms with E-state index in [1.807, 2.05) is 36.4 Å². The van der Waals surface area contributed by atoms with E-state index < -0.39 is 10.8 Å². The Bertz CT molecular complexity index is 558. The van der Waals surface area contributed by atoms with Gasteiger partial charge in [-0.2, -0.15) is 5.26 Å². The molecule has 1 aromatic heterocycles. The van der Waals surface area contributed by atoms with Gasteiger partial charge in [0.25, 0.3) is 5.82 Å². The first kappa shape index (κ1) is 11.5. The molecule has 0 aliphatic carbocycles. The Labute approximate surface area is 101 Å². The van der Waals surface area contributed by atoms with Crippen molar-refractivity contribution in [2.75, 3.05) is 5.75 Å². The highest BCUT2D eigenvalue weighted by Crippen LogP contribution is 2.05. The summed E-state index contributed by atoms with van der Waals surface area (Å²) >= 11 is 0. The van der Waals surface area contributed by atoms with Gasteiger partial charge in [-0.15, -0.1) is 5.10 Å². The van der Waals surface area contributed by atoms with Gasteiger partial charge in [0.05, 0.1) is 17.3 Å². The number of hydrogen-bond donors (Lipinski definition) is 0. The van der Waals surface area contributed by atoms with E-state index in [0.717, 1.165) is 4.90 Å². The average Bonchev–Trinajstić information content (AvgIpc) is 2.85. The second kappa shape index (κ2) is 5.37. The molecule has 2 aromatic rings. The van der Waals surface area contributed by atoms with Gasteiger partial charge in [0.1, 0.15) is 12.4 Å². The minimum Gasteiger partial charge on any atom is -0.254 e. The maximum atomic E-state index is 11.9. The molecular weight excluding hydrogens is 236 g/mol. The van der Waals surface area contributed by atoms with E-state index in [2.05, 4.69) is 10.1 Å². The van der Waals surface area contributed by atoms with Gasteiger partial charge in [-0.1, -0.05) is 18.2 Å². The number of aryl methyl sites for hydroxylation is 1. The Balaban J connectivity index is 1.95. The van der Waals surface area contributed by atoms with Gasteiger partial charge < -0.3 is 0 Å². The first-order valence-electron chi connectivity index (χ1n) is 5.02. The van der Waals surface area contributed by atoms with Crippen molar-refractivity contribution >= 4 is 10.8 Å². The smallest absolute Gasteiger partial charge is 0.252 e. The Hall–Kier alpha value is -2.00. The highest BCUT2D eigenvalue weighted by Gasteiger charge is 2.04. The summed E-state index contributed by atoms with van der Waals surface area (Å²) in [6.45, 7) is 0.482. The van der Waals surface area contributed by atoms with Crippen molar-refractivity contribution in [3.05, 3.63) is 42.5 Å². The van der Waals surface area contributed by atoms with Gasteiger partial charge >= 0.3 is 0 Å². The van der Waals surface area contributed by atoms with Crippen molar-refractivity contribution in [2.24, 2.45) is 0 Å². The zero-order valence-corrected chi connectivity index (χ0v) is 9.80. The van der Waals surface area contributed by atoms with Crippen molar-refractivity contribution < 1.29 is 4.21 Å². The van der Waals surface area contributed by atoms with Crippen LogP contribution in [0.3, 0.4) is 0 Å². The van der Waals surface area contributed by atoms with E-state index in [0.29, 0.717) is 12.3 Å². The van der Waals surface area contributed by atoms with Crippen LogP contribution in [-0.4, -0.2) is 24.7 Å². The van der Waals surface area contributed by atoms with Crippen LogP contribution in [0.5, 0.6) is 0 Å². The molecule has 0 spiro atoms. The molecule has 1 heterocycles. The van der Waals surface area contributed by atoms with Gasteiger partial charge in [-0.25, -0.2) is 4.98 Å². The summed E-state index contributed by atoms with van der Waals surface area (Å²) in [6.07, 6.45) is 1.47. The highest BCUT2D eigenvalue weighted by atomic mass is 32.2. The Kier molecular flexibility index (Phi) is 3.62. The quantitative estimate of drug-likeness (QED) is 0.805. The number of benzene rings is 1. The second-order valence-electron chi connectivity index (χ2n) is 3.31. The first-order valence-corrected chi connectivity index (χ1v) is 6.34. The van der Waals surface area contributed by atoms with Crippen LogP contribution in [0.4, 0.5) is 0 Å². The number of nitrogens with zero attached hydrogens (tertiary/aromatic N) is 4. The lowest BCUT2D eigenvalue weighted by Gasteiger charge is -2.01. The van der Waals surface area contributed by atoms with Gasteiger partial charge in [-0.3, -0.25) is 8.89 Å². The third-order valence-electron chi connectivity index (χ3n) is 2.15. The molecule has 0 amide bonds. The monoisotopic (exact) mass is 246 g/mol. The standard InChI is InChI=1S/C11H10N4OS/c12-8-11-13-9-15(14-11)6-7-17(16)10-4-2-1-3-5-10/h1-5,9H,6-7H2. The average molecular weight is 246 g/mol. The predicted molar refractivity (Wildman–Crippen MR) is 62.5 cm³/mol. The summed E-state index contributed by atoms with van der Waals surface area (Å²) in [4.78, 5) is 4.58. The van der Waals surface area contributed by atoms with E-state index in [1.54, 1.807) is 0 Å². The molecule has 17 heavy (non-hydrogen) atoms. The summed E-state index contributed by atoms with van der Waals surface area (Å²) in [5, 5.41) is 12.5. The van der Waals surface area contributed by atoms with E-state index in [9.17, 15) is 4.21 Å². The van der Waals surface area contributed by atoms with E-state index in [1.165, 1.54) is 11.0 Å². The van der Waals surface area contributed by atoms with Crippen molar-refractivity contribution in [1.29, 1.82) is 5.26 Å². The molecule has 1 aromatic carbocycles. The fourth-order valence-electron chi connectivity index (χ4n) is 1.32. The van der Waals surface area contributed by atoms with Crippen molar-refractivity contribution in [1.82, 2.24) is 14.8 Å². The van der Waals surface area contributed by atoms with Crippen LogP contribution < -0.4 is 0 Å². The van der Waals surface area contributed by atoms with Crippen molar-refractivity contribution in [3.63, 3.8) is 0 Å². The molecule has 6 heteroatoms. The molecule has 0 fully saturated rings. The summed E-state index contributed by atoms with van der Waals surface area (Å²) in [5.41, 5.74) is 0. The van der Waals surface area contributed by atoms with E-state index in [-0.39, 0.29) is 5.82 Å². The van der Waals surface area contributed by atoms with Crippen LogP contribution in [-0.2, 0) is 17.3 Å². The first-order chi connectivity index (χ1) is 8.29. The molecule has 0 radical (unpaired) electrons. The second-order valence-corrected chi connectivity index (χ2v) is 4.88. The van der Waals surface area contributed by atoms with Crippen LogP contribution in [0.1, 0.15) is 5.82 Å². The molecule has 0 aliphatic rings. The predicted octanol–water partition coefficient (Wildman–Crippen LogP) is 0.958. The molecule has 0 saturated carbocycles. The lowest BCUT2D eigenvalue weighted by molar-refractivity contribution is 0.641. The summed E-state index contributed by atoms with van der Waals surface area (Å²) in [5.74, 6) is 0.591. The SMILES string of the molecule is N#Cc1ncn(CCS(=O)c2ccccc2)n1. The van der Waals surface area contributed by atoms with Crippen LogP contribution in [0, 0.1) is 11.3 Å². The van der Waals surface area contributed by atoms with Crippen molar-refractivity contribution in [3.8, 4) is 6.07 Å². The Morgan fingerprint density at radius 1 is 1.35 bits per heavy atom. The maximum absolute atomic E-state index is 11.9. The molecule has 1 unspecified atom stereocenters. The molecule has 5 nitrogen and oxygen atoms in total. The molecular formula is C11H10N4OS. The van der Waals surface area contributed by atoms with Gasteiger partial charge in [0, 0.05) is 10.6 Å². The van der Waals surface area contributed by atoms with Gasteiger partial charge in [-0.05, 0) is 12.1 Å². The molecule has 1 atom stereocenters. The zero-order chi connectivity index (χ0) is 12.1.